The highest BCUT2D eigenvalue weighted by Gasteiger charge is 2.24. The summed E-state index contributed by atoms with van der Waals surface area (Å²) in [6.45, 7) is 2.94. The molecular weight excluding hydrogens is 461 g/mol. The van der Waals surface area contributed by atoms with Crippen LogP contribution in [0.15, 0.2) is 41.0 Å². The van der Waals surface area contributed by atoms with E-state index in [4.69, 9.17) is 47.4 Å². The summed E-state index contributed by atoms with van der Waals surface area (Å²) in [7, 11) is 0. The molecule has 32 heavy (non-hydrogen) atoms. The molecule has 2 heterocycles. The lowest BCUT2D eigenvalue weighted by Gasteiger charge is -2.33. The van der Waals surface area contributed by atoms with E-state index in [1.165, 1.54) is 19.3 Å². The van der Waals surface area contributed by atoms with E-state index >= 15 is 0 Å². The van der Waals surface area contributed by atoms with E-state index in [0.717, 1.165) is 18.8 Å². The number of amides is 1. The number of aliphatic carboxylic acids is 2. The first-order valence-electron chi connectivity index (χ1n) is 9.97. The summed E-state index contributed by atoms with van der Waals surface area (Å²) in [5, 5.41) is 21.6. The fourth-order valence-corrected chi connectivity index (χ4v) is 3.59. The van der Waals surface area contributed by atoms with Crippen molar-refractivity contribution in [2.75, 3.05) is 31.5 Å². The topological polar surface area (TPSA) is 132 Å². The summed E-state index contributed by atoms with van der Waals surface area (Å²) >= 11 is 12.1. The molecule has 1 aromatic carbocycles. The first-order chi connectivity index (χ1) is 15.3. The Labute approximate surface area is 195 Å². The lowest BCUT2D eigenvalue weighted by Crippen LogP contribution is -2.40. The molecule has 1 atom stereocenters. The van der Waals surface area contributed by atoms with Gasteiger partial charge in [-0.3, -0.25) is 9.69 Å². The maximum Gasteiger partial charge on any atom is 0.414 e. The Morgan fingerprint density at radius 3 is 2.31 bits per heavy atom. The average Bonchev–Trinajstić information content (AvgIpc) is 3.30. The standard InChI is InChI=1S/C19H23Cl2N3O2.C2H2O4/c20-14-6-4-7-15(19(14)21)23-18(25)13-22-12-16(17-8-5-11-26-17)24-9-2-1-3-10-24;3-1(4)2(5)6/h4-8,11,16,22H,1-3,9-10,12-13H2,(H,23,25);(H,3,4)(H,5,6). The summed E-state index contributed by atoms with van der Waals surface area (Å²) in [6, 6.07) is 9.19. The molecule has 0 saturated carbocycles. The van der Waals surface area contributed by atoms with Gasteiger partial charge < -0.3 is 25.3 Å². The monoisotopic (exact) mass is 485 g/mol. The Morgan fingerprint density at radius 2 is 1.72 bits per heavy atom. The quantitative estimate of drug-likeness (QED) is 0.438. The zero-order valence-corrected chi connectivity index (χ0v) is 18.7. The average molecular weight is 486 g/mol. The van der Waals surface area contributed by atoms with Gasteiger partial charge >= 0.3 is 11.9 Å². The van der Waals surface area contributed by atoms with Crippen molar-refractivity contribution >= 4 is 46.7 Å². The van der Waals surface area contributed by atoms with Gasteiger partial charge in [0.15, 0.2) is 0 Å². The molecule has 9 nitrogen and oxygen atoms in total. The molecular formula is C21H25Cl2N3O6. The molecule has 3 rings (SSSR count). The molecule has 0 radical (unpaired) electrons. The predicted octanol–water partition coefficient (Wildman–Crippen LogP) is 3.50. The van der Waals surface area contributed by atoms with Gasteiger partial charge in [-0.15, -0.1) is 0 Å². The Balaban J connectivity index is 0.000000534. The van der Waals surface area contributed by atoms with Crippen LogP contribution in [0.4, 0.5) is 5.69 Å². The van der Waals surface area contributed by atoms with E-state index < -0.39 is 11.9 Å². The van der Waals surface area contributed by atoms with Gasteiger partial charge in [-0.05, 0) is 50.2 Å². The zero-order chi connectivity index (χ0) is 23.5. The van der Waals surface area contributed by atoms with Crippen molar-refractivity contribution in [1.82, 2.24) is 10.2 Å². The van der Waals surface area contributed by atoms with Gasteiger partial charge in [-0.25, -0.2) is 9.59 Å². The second-order valence-corrected chi connectivity index (χ2v) is 7.80. The van der Waals surface area contributed by atoms with E-state index in [9.17, 15) is 4.79 Å². The number of hydrogen-bond donors (Lipinski definition) is 4. The number of likely N-dealkylation sites (tertiary alicyclic amines) is 1. The lowest BCUT2D eigenvalue weighted by molar-refractivity contribution is -0.159. The number of piperidine rings is 1. The SMILES string of the molecule is O=C(CNCC(c1ccco1)N1CCCCC1)Nc1cccc(Cl)c1Cl.O=C(O)C(=O)O. The number of rotatable bonds is 7. The van der Waals surface area contributed by atoms with Crippen LogP contribution in [-0.2, 0) is 14.4 Å². The van der Waals surface area contributed by atoms with Crippen molar-refractivity contribution in [3.8, 4) is 0 Å². The first-order valence-corrected chi connectivity index (χ1v) is 10.7. The summed E-state index contributed by atoms with van der Waals surface area (Å²) < 4.78 is 5.62. The normalized spacial score (nSPS) is 14.7. The number of nitrogens with one attached hydrogen (secondary N) is 2. The fourth-order valence-electron chi connectivity index (χ4n) is 3.24. The van der Waals surface area contributed by atoms with Crippen molar-refractivity contribution in [1.29, 1.82) is 0 Å². The van der Waals surface area contributed by atoms with Crippen molar-refractivity contribution in [3.05, 3.63) is 52.4 Å². The molecule has 174 valence electrons. The number of carbonyl (C=O) groups is 3. The number of halogens is 2. The van der Waals surface area contributed by atoms with Gasteiger partial charge in [-0.1, -0.05) is 35.7 Å². The van der Waals surface area contributed by atoms with Crippen LogP contribution in [-0.4, -0.2) is 59.1 Å². The zero-order valence-electron chi connectivity index (χ0n) is 17.2. The Hall–Kier alpha value is -2.59. The van der Waals surface area contributed by atoms with Gasteiger partial charge in [0.2, 0.25) is 5.91 Å². The van der Waals surface area contributed by atoms with Gasteiger partial charge in [0, 0.05) is 6.54 Å². The van der Waals surface area contributed by atoms with Crippen LogP contribution in [0.3, 0.4) is 0 Å². The number of nitrogens with zero attached hydrogens (tertiary/aromatic N) is 1. The molecule has 1 aliphatic heterocycles. The van der Waals surface area contributed by atoms with Crippen molar-refractivity contribution in [3.63, 3.8) is 0 Å². The maximum absolute atomic E-state index is 12.2. The lowest BCUT2D eigenvalue weighted by atomic mass is 10.1. The highest BCUT2D eigenvalue weighted by atomic mass is 35.5. The molecule has 1 saturated heterocycles. The predicted molar refractivity (Wildman–Crippen MR) is 120 cm³/mol. The Bertz CT molecular complexity index is 889. The fraction of sp³-hybridized carbons (Fsp3) is 0.381. The molecule has 1 fully saturated rings. The molecule has 0 spiro atoms. The Morgan fingerprint density at radius 1 is 1.03 bits per heavy atom. The number of furan rings is 1. The van der Waals surface area contributed by atoms with Crippen LogP contribution in [0.2, 0.25) is 10.0 Å². The molecule has 0 bridgehead atoms. The number of anilines is 1. The minimum Gasteiger partial charge on any atom is -0.473 e. The number of benzene rings is 1. The van der Waals surface area contributed by atoms with Gasteiger partial charge in [0.25, 0.3) is 0 Å². The van der Waals surface area contributed by atoms with E-state index in [-0.39, 0.29) is 18.5 Å². The minimum atomic E-state index is -1.82. The van der Waals surface area contributed by atoms with Crippen LogP contribution >= 0.6 is 23.2 Å². The summed E-state index contributed by atoms with van der Waals surface area (Å²) in [5.74, 6) is -2.88. The summed E-state index contributed by atoms with van der Waals surface area (Å²) in [4.78, 5) is 32.8. The highest BCUT2D eigenvalue weighted by Crippen LogP contribution is 2.29. The van der Waals surface area contributed by atoms with Crippen LogP contribution < -0.4 is 10.6 Å². The van der Waals surface area contributed by atoms with E-state index in [1.807, 2.05) is 12.1 Å². The number of carboxylic acid groups (broad SMARTS) is 2. The van der Waals surface area contributed by atoms with Gasteiger partial charge in [-0.2, -0.15) is 0 Å². The summed E-state index contributed by atoms with van der Waals surface area (Å²) in [5.41, 5.74) is 0.518. The maximum atomic E-state index is 12.2. The third-order valence-electron chi connectivity index (χ3n) is 4.73. The van der Waals surface area contributed by atoms with Gasteiger partial charge in [0.1, 0.15) is 5.76 Å². The van der Waals surface area contributed by atoms with E-state index in [0.29, 0.717) is 22.3 Å². The largest absolute Gasteiger partial charge is 0.473 e. The third-order valence-corrected chi connectivity index (χ3v) is 5.55. The molecule has 4 N–H and O–H groups in total. The van der Waals surface area contributed by atoms with E-state index in [1.54, 1.807) is 24.5 Å². The minimum absolute atomic E-state index is 0.132. The molecule has 11 heteroatoms. The molecule has 2 aromatic rings. The van der Waals surface area contributed by atoms with Crippen molar-refractivity contribution in [2.45, 2.75) is 25.3 Å². The number of carboxylic acids is 2. The molecule has 1 amide bonds. The van der Waals surface area contributed by atoms with Gasteiger partial charge in [0.05, 0.1) is 34.6 Å². The van der Waals surface area contributed by atoms with Crippen LogP contribution in [0, 0.1) is 0 Å². The second kappa shape index (κ2) is 13.1. The molecule has 1 aliphatic rings. The van der Waals surface area contributed by atoms with Crippen molar-refractivity contribution < 1.29 is 29.0 Å². The summed E-state index contributed by atoms with van der Waals surface area (Å²) in [6.07, 6.45) is 5.37. The third kappa shape index (κ3) is 8.16. The van der Waals surface area contributed by atoms with Crippen LogP contribution in [0.25, 0.3) is 0 Å². The molecule has 1 unspecified atom stereocenters. The first kappa shape index (κ1) is 25.7. The van der Waals surface area contributed by atoms with Crippen LogP contribution in [0.1, 0.15) is 31.1 Å². The van der Waals surface area contributed by atoms with E-state index in [2.05, 4.69) is 15.5 Å². The number of hydrogen-bond acceptors (Lipinski definition) is 6. The highest BCUT2D eigenvalue weighted by molar-refractivity contribution is 6.44. The van der Waals surface area contributed by atoms with Crippen molar-refractivity contribution in [2.24, 2.45) is 0 Å². The molecule has 0 aliphatic carbocycles. The second-order valence-electron chi connectivity index (χ2n) is 7.02. The molecule has 1 aromatic heterocycles. The Kier molecular flexibility index (Phi) is 10.5. The smallest absolute Gasteiger partial charge is 0.414 e. The van der Waals surface area contributed by atoms with Crippen LogP contribution in [0.5, 0.6) is 0 Å². The number of carbonyl (C=O) groups excluding carboxylic acids is 1.